The van der Waals surface area contributed by atoms with E-state index in [-0.39, 0.29) is 5.76 Å². The predicted octanol–water partition coefficient (Wildman–Crippen LogP) is 2.53. The quantitative estimate of drug-likeness (QED) is 0.715. The molecule has 0 aliphatic rings. The maximum Gasteiger partial charge on any atom is 0.420 e. The van der Waals surface area contributed by atoms with Crippen LogP contribution in [0.4, 0.5) is 5.69 Å². The molecule has 0 amide bonds. The molecular formula is C15H14N2O2. The molecule has 0 aliphatic carbocycles. The number of fused-ring (bicyclic) bond motifs is 1. The molecule has 1 heterocycles. The number of para-hydroxylation sites is 1. The molecule has 1 aromatic heterocycles. The summed E-state index contributed by atoms with van der Waals surface area (Å²) in [5, 5.41) is 0. The van der Waals surface area contributed by atoms with E-state index < -0.39 is 0 Å². The molecule has 0 saturated heterocycles. The fourth-order valence-electron chi connectivity index (χ4n) is 2.25. The SMILES string of the molecule is Cc1cccc(Cn2c(=O)oc3c(N)cccc32)c1. The van der Waals surface area contributed by atoms with Crippen molar-refractivity contribution >= 4 is 16.8 Å². The second-order valence-electron chi connectivity index (χ2n) is 4.64. The van der Waals surface area contributed by atoms with Crippen molar-refractivity contribution in [2.24, 2.45) is 0 Å². The minimum atomic E-state index is -0.380. The van der Waals surface area contributed by atoms with Gasteiger partial charge in [-0.3, -0.25) is 4.57 Å². The Balaban J connectivity index is 2.13. The van der Waals surface area contributed by atoms with Crippen LogP contribution in [0.15, 0.2) is 51.7 Å². The molecule has 2 aromatic carbocycles. The van der Waals surface area contributed by atoms with Crippen LogP contribution in [0.3, 0.4) is 0 Å². The molecule has 4 nitrogen and oxygen atoms in total. The van der Waals surface area contributed by atoms with Gasteiger partial charge in [-0.05, 0) is 24.6 Å². The molecule has 0 atom stereocenters. The zero-order valence-corrected chi connectivity index (χ0v) is 10.6. The first-order valence-electron chi connectivity index (χ1n) is 6.08. The Kier molecular flexibility index (Phi) is 2.63. The van der Waals surface area contributed by atoms with Crippen molar-refractivity contribution < 1.29 is 4.42 Å². The smallest absolute Gasteiger partial charge is 0.405 e. The first-order chi connectivity index (χ1) is 9.15. The average Bonchev–Trinajstić information content (AvgIpc) is 2.69. The maximum atomic E-state index is 11.9. The summed E-state index contributed by atoms with van der Waals surface area (Å²) in [7, 11) is 0. The maximum absolute atomic E-state index is 11.9. The number of hydrogen-bond donors (Lipinski definition) is 1. The zero-order chi connectivity index (χ0) is 13.4. The number of aryl methyl sites for hydroxylation is 1. The highest BCUT2D eigenvalue weighted by Crippen LogP contribution is 2.20. The van der Waals surface area contributed by atoms with Crippen LogP contribution >= 0.6 is 0 Å². The van der Waals surface area contributed by atoms with Crippen molar-refractivity contribution in [1.82, 2.24) is 4.57 Å². The predicted molar refractivity (Wildman–Crippen MR) is 75.2 cm³/mol. The van der Waals surface area contributed by atoms with Crippen molar-refractivity contribution in [2.75, 3.05) is 5.73 Å². The molecule has 0 unspecified atom stereocenters. The molecule has 0 aliphatic heterocycles. The van der Waals surface area contributed by atoms with Crippen molar-refractivity contribution in [1.29, 1.82) is 0 Å². The fourth-order valence-corrected chi connectivity index (χ4v) is 2.25. The van der Waals surface area contributed by atoms with E-state index in [9.17, 15) is 4.79 Å². The van der Waals surface area contributed by atoms with Crippen molar-refractivity contribution in [3.05, 3.63) is 64.1 Å². The molecular weight excluding hydrogens is 240 g/mol. The van der Waals surface area contributed by atoms with E-state index in [4.69, 9.17) is 10.2 Å². The van der Waals surface area contributed by atoms with E-state index in [2.05, 4.69) is 6.07 Å². The van der Waals surface area contributed by atoms with E-state index in [1.807, 2.05) is 37.3 Å². The van der Waals surface area contributed by atoms with E-state index in [0.29, 0.717) is 17.8 Å². The van der Waals surface area contributed by atoms with Gasteiger partial charge < -0.3 is 10.2 Å². The van der Waals surface area contributed by atoms with Crippen LogP contribution in [0.2, 0.25) is 0 Å². The summed E-state index contributed by atoms with van der Waals surface area (Å²) in [5.74, 6) is -0.380. The highest BCUT2D eigenvalue weighted by molar-refractivity contribution is 5.84. The van der Waals surface area contributed by atoms with Gasteiger partial charge in [-0.15, -0.1) is 0 Å². The lowest BCUT2D eigenvalue weighted by molar-refractivity contribution is 0.518. The number of benzene rings is 2. The monoisotopic (exact) mass is 254 g/mol. The molecule has 3 aromatic rings. The van der Waals surface area contributed by atoms with Crippen LogP contribution in [-0.4, -0.2) is 4.57 Å². The molecule has 19 heavy (non-hydrogen) atoms. The van der Waals surface area contributed by atoms with Gasteiger partial charge in [0.2, 0.25) is 0 Å². The lowest BCUT2D eigenvalue weighted by atomic mass is 10.1. The summed E-state index contributed by atoms with van der Waals surface area (Å²) in [5.41, 5.74) is 9.71. The molecule has 2 N–H and O–H groups in total. The number of aromatic nitrogens is 1. The van der Waals surface area contributed by atoms with Crippen LogP contribution in [0.25, 0.3) is 11.1 Å². The number of nitrogens with two attached hydrogens (primary N) is 1. The summed E-state index contributed by atoms with van der Waals surface area (Å²) in [6.07, 6.45) is 0. The van der Waals surface area contributed by atoms with E-state index >= 15 is 0 Å². The first-order valence-corrected chi connectivity index (χ1v) is 6.08. The Labute approximate surface area is 110 Å². The molecule has 96 valence electrons. The Morgan fingerprint density at radius 3 is 2.79 bits per heavy atom. The molecule has 4 heteroatoms. The largest absolute Gasteiger partial charge is 0.420 e. The molecule has 0 fully saturated rings. The molecule has 0 saturated carbocycles. The lowest BCUT2D eigenvalue weighted by Gasteiger charge is -2.04. The number of nitrogens with zero attached hydrogens (tertiary/aromatic N) is 1. The summed E-state index contributed by atoms with van der Waals surface area (Å²) >= 11 is 0. The summed E-state index contributed by atoms with van der Waals surface area (Å²) in [4.78, 5) is 11.9. The molecule has 3 rings (SSSR count). The van der Waals surface area contributed by atoms with Gasteiger partial charge in [0.05, 0.1) is 17.7 Å². The number of rotatable bonds is 2. The van der Waals surface area contributed by atoms with Gasteiger partial charge in [-0.1, -0.05) is 35.9 Å². The van der Waals surface area contributed by atoms with Crippen LogP contribution in [0.5, 0.6) is 0 Å². The van der Waals surface area contributed by atoms with Gasteiger partial charge in [0.15, 0.2) is 5.58 Å². The van der Waals surface area contributed by atoms with Gasteiger partial charge in [0.25, 0.3) is 0 Å². The zero-order valence-electron chi connectivity index (χ0n) is 10.6. The van der Waals surface area contributed by atoms with Gasteiger partial charge in [0.1, 0.15) is 0 Å². The van der Waals surface area contributed by atoms with Gasteiger partial charge in [-0.2, -0.15) is 0 Å². The molecule has 0 radical (unpaired) electrons. The average molecular weight is 254 g/mol. The minimum absolute atomic E-state index is 0.380. The van der Waals surface area contributed by atoms with Gasteiger partial charge in [0, 0.05) is 0 Å². The Hall–Kier alpha value is -2.49. The summed E-state index contributed by atoms with van der Waals surface area (Å²) in [6.45, 7) is 2.51. The molecule has 0 bridgehead atoms. The number of hydrogen-bond acceptors (Lipinski definition) is 3. The molecule has 0 spiro atoms. The van der Waals surface area contributed by atoms with Crippen LogP contribution in [0.1, 0.15) is 11.1 Å². The number of anilines is 1. The standard InChI is InChI=1S/C15H14N2O2/c1-10-4-2-5-11(8-10)9-17-13-7-3-6-12(16)14(13)19-15(17)18/h2-8H,9,16H2,1H3. The Bertz CT molecular complexity index is 799. The Morgan fingerprint density at radius 2 is 2.00 bits per heavy atom. The van der Waals surface area contributed by atoms with Crippen molar-refractivity contribution in [3.8, 4) is 0 Å². The van der Waals surface area contributed by atoms with Crippen LogP contribution < -0.4 is 11.5 Å². The Morgan fingerprint density at radius 1 is 1.21 bits per heavy atom. The highest BCUT2D eigenvalue weighted by Gasteiger charge is 2.11. The summed E-state index contributed by atoms with van der Waals surface area (Å²) < 4.78 is 6.81. The third-order valence-electron chi connectivity index (χ3n) is 3.15. The summed E-state index contributed by atoms with van der Waals surface area (Å²) in [6, 6.07) is 13.4. The first kappa shape index (κ1) is 11.6. The van der Waals surface area contributed by atoms with Crippen molar-refractivity contribution in [3.63, 3.8) is 0 Å². The highest BCUT2D eigenvalue weighted by atomic mass is 16.4. The number of oxazole rings is 1. The third-order valence-corrected chi connectivity index (χ3v) is 3.15. The van der Waals surface area contributed by atoms with E-state index in [0.717, 1.165) is 16.6 Å². The topological polar surface area (TPSA) is 61.2 Å². The second-order valence-corrected chi connectivity index (χ2v) is 4.64. The number of nitrogen functional groups attached to an aromatic ring is 1. The lowest BCUT2D eigenvalue weighted by Crippen LogP contribution is -2.14. The van der Waals surface area contributed by atoms with Crippen LogP contribution in [-0.2, 0) is 6.54 Å². The van der Waals surface area contributed by atoms with Crippen LogP contribution in [0, 0.1) is 6.92 Å². The van der Waals surface area contributed by atoms with E-state index in [1.54, 1.807) is 10.6 Å². The second kappa shape index (κ2) is 4.31. The van der Waals surface area contributed by atoms with Gasteiger partial charge in [-0.25, -0.2) is 4.79 Å². The fraction of sp³-hybridized carbons (Fsp3) is 0.133. The normalized spacial score (nSPS) is 11.0. The van der Waals surface area contributed by atoms with Gasteiger partial charge >= 0.3 is 5.76 Å². The van der Waals surface area contributed by atoms with Crippen molar-refractivity contribution in [2.45, 2.75) is 13.5 Å². The van der Waals surface area contributed by atoms with E-state index in [1.165, 1.54) is 0 Å². The minimum Gasteiger partial charge on any atom is -0.405 e. The third kappa shape index (κ3) is 2.01.